The Morgan fingerprint density at radius 1 is 1.50 bits per heavy atom. The minimum absolute atomic E-state index is 0.249. The summed E-state index contributed by atoms with van der Waals surface area (Å²) in [4.78, 5) is 8.16. The fourth-order valence-corrected chi connectivity index (χ4v) is 1.53. The first-order chi connectivity index (χ1) is 5.83. The molecule has 0 aliphatic heterocycles. The molecule has 2 N–H and O–H groups in total. The molecule has 0 saturated carbocycles. The third kappa shape index (κ3) is 3.19. The molecule has 66 valence electrons. The molecule has 0 radical (unpaired) electrons. The number of nitrogens with zero attached hydrogens (tertiary/aromatic N) is 2. The lowest BCUT2D eigenvalue weighted by Gasteiger charge is -2.05. The summed E-state index contributed by atoms with van der Waals surface area (Å²) >= 11 is 1.61. The van der Waals surface area contributed by atoms with Gasteiger partial charge in [-0.2, -0.15) is 0 Å². The average molecular weight is 183 g/mol. The largest absolute Gasteiger partial charge is 0.327 e. The SMILES string of the molecule is CC[C@H](N)CSc1ncccn1. The Morgan fingerprint density at radius 3 is 2.75 bits per heavy atom. The van der Waals surface area contributed by atoms with Crippen molar-refractivity contribution in [1.29, 1.82) is 0 Å². The lowest BCUT2D eigenvalue weighted by atomic mass is 10.3. The van der Waals surface area contributed by atoms with Gasteiger partial charge >= 0.3 is 0 Å². The fraction of sp³-hybridized carbons (Fsp3) is 0.500. The summed E-state index contributed by atoms with van der Waals surface area (Å²) in [6.45, 7) is 2.08. The van der Waals surface area contributed by atoms with Crippen LogP contribution in [0.25, 0.3) is 0 Å². The summed E-state index contributed by atoms with van der Waals surface area (Å²) in [6, 6.07) is 2.06. The van der Waals surface area contributed by atoms with Crippen molar-refractivity contribution in [2.24, 2.45) is 5.73 Å². The van der Waals surface area contributed by atoms with E-state index in [0.717, 1.165) is 17.3 Å². The van der Waals surface area contributed by atoms with E-state index in [9.17, 15) is 0 Å². The van der Waals surface area contributed by atoms with Crippen LogP contribution in [0.15, 0.2) is 23.6 Å². The normalized spacial score (nSPS) is 12.8. The molecule has 4 heteroatoms. The summed E-state index contributed by atoms with van der Waals surface area (Å²) in [5, 5.41) is 0.807. The van der Waals surface area contributed by atoms with Crippen LogP contribution in [0, 0.1) is 0 Å². The topological polar surface area (TPSA) is 51.8 Å². The van der Waals surface area contributed by atoms with Gasteiger partial charge in [0, 0.05) is 24.2 Å². The van der Waals surface area contributed by atoms with Crippen LogP contribution in [0.5, 0.6) is 0 Å². The molecule has 0 amide bonds. The molecule has 0 aliphatic carbocycles. The molecule has 0 spiro atoms. The summed E-state index contributed by atoms with van der Waals surface area (Å²) in [5.74, 6) is 0.889. The molecule has 1 aromatic rings. The van der Waals surface area contributed by atoms with E-state index in [1.54, 1.807) is 24.2 Å². The Bertz CT molecular complexity index is 215. The molecule has 0 unspecified atom stereocenters. The van der Waals surface area contributed by atoms with E-state index in [4.69, 9.17) is 5.73 Å². The third-order valence-corrected chi connectivity index (χ3v) is 2.56. The Hall–Kier alpha value is -0.610. The lowest BCUT2D eigenvalue weighted by molar-refractivity contribution is 0.723. The van der Waals surface area contributed by atoms with Crippen molar-refractivity contribution in [3.63, 3.8) is 0 Å². The molecule has 3 nitrogen and oxygen atoms in total. The Balaban J connectivity index is 2.33. The number of nitrogens with two attached hydrogens (primary N) is 1. The van der Waals surface area contributed by atoms with E-state index in [-0.39, 0.29) is 6.04 Å². The van der Waals surface area contributed by atoms with Crippen LogP contribution in [0.1, 0.15) is 13.3 Å². The molecule has 12 heavy (non-hydrogen) atoms. The molecule has 1 atom stereocenters. The quantitative estimate of drug-likeness (QED) is 0.565. The van der Waals surface area contributed by atoms with E-state index in [1.807, 2.05) is 6.07 Å². The molecular weight excluding hydrogens is 170 g/mol. The van der Waals surface area contributed by atoms with E-state index < -0.39 is 0 Å². The fourth-order valence-electron chi connectivity index (χ4n) is 0.659. The zero-order valence-corrected chi connectivity index (χ0v) is 7.92. The van der Waals surface area contributed by atoms with E-state index in [0.29, 0.717) is 0 Å². The van der Waals surface area contributed by atoms with Crippen LogP contribution < -0.4 is 5.73 Å². The standard InChI is InChI=1S/C8H13N3S/c1-2-7(9)6-12-8-10-4-3-5-11-8/h3-5,7H,2,6,9H2,1H3/t7-/m0/s1. The highest BCUT2D eigenvalue weighted by Gasteiger charge is 2.01. The van der Waals surface area contributed by atoms with Crippen molar-refractivity contribution in [3.8, 4) is 0 Å². The summed E-state index contributed by atoms with van der Waals surface area (Å²) in [6.07, 6.45) is 4.49. The molecule has 0 bridgehead atoms. The van der Waals surface area contributed by atoms with E-state index in [2.05, 4.69) is 16.9 Å². The monoisotopic (exact) mass is 183 g/mol. The van der Waals surface area contributed by atoms with Gasteiger partial charge < -0.3 is 5.73 Å². The number of rotatable bonds is 4. The second-order valence-corrected chi connectivity index (χ2v) is 3.50. The van der Waals surface area contributed by atoms with Crippen molar-refractivity contribution < 1.29 is 0 Å². The Labute approximate surface area is 76.8 Å². The van der Waals surface area contributed by atoms with Gasteiger partial charge in [0.05, 0.1) is 0 Å². The average Bonchev–Trinajstić information content (AvgIpc) is 2.16. The third-order valence-electron chi connectivity index (χ3n) is 1.49. The van der Waals surface area contributed by atoms with Gasteiger partial charge in [0.2, 0.25) is 0 Å². The molecule has 1 aromatic heterocycles. The van der Waals surface area contributed by atoms with Gasteiger partial charge in [0.15, 0.2) is 5.16 Å². The summed E-state index contributed by atoms with van der Waals surface area (Å²) in [7, 11) is 0. The van der Waals surface area contributed by atoms with Crippen molar-refractivity contribution in [3.05, 3.63) is 18.5 Å². The molecule has 0 saturated heterocycles. The van der Waals surface area contributed by atoms with Gasteiger partial charge in [-0.3, -0.25) is 0 Å². The lowest BCUT2D eigenvalue weighted by Crippen LogP contribution is -2.21. The van der Waals surface area contributed by atoms with E-state index >= 15 is 0 Å². The zero-order valence-electron chi connectivity index (χ0n) is 7.10. The number of hydrogen-bond donors (Lipinski definition) is 1. The van der Waals surface area contributed by atoms with Gasteiger partial charge in [-0.15, -0.1) is 0 Å². The zero-order chi connectivity index (χ0) is 8.81. The highest BCUT2D eigenvalue weighted by molar-refractivity contribution is 7.99. The maximum absolute atomic E-state index is 5.74. The number of hydrogen-bond acceptors (Lipinski definition) is 4. The van der Waals surface area contributed by atoms with E-state index in [1.165, 1.54) is 0 Å². The van der Waals surface area contributed by atoms with Crippen LogP contribution >= 0.6 is 11.8 Å². The van der Waals surface area contributed by atoms with Gasteiger partial charge in [-0.1, -0.05) is 18.7 Å². The van der Waals surface area contributed by atoms with Crippen LogP contribution in [-0.2, 0) is 0 Å². The molecule has 0 aliphatic rings. The Morgan fingerprint density at radius 2 is 2.17 bits per heavy atom. The molecule has 0 fully saturated rings. The van der Waals surface area contributed by atoms with Gasteiger partial charge in [0.1, 0.15) is 0 Å². The van der Waals surface area contributed by atoms with Crippen LogP contribution in [0.3, 0.4) is 0 Å². The molecular formula is C8H13N3S. The second kappa shape index (κ2) is 5.11. The molecule has 0 aromatic carbocycles. The van der Waals surface area contributed by atoms with Gasteiger partial charge in [-0.05, 0) is 12.5 Å². The maximum atomic E-state index is 5.74. The van der Waals surface area contributed by atoms with Gasteiger partial charge in [0.25, 0.3) is 0 Å². The molecule has 1 rings (SSSR count). The van der Waals surface area contributed by atoms with Crippen LogP contribution in [-0.4, -0.2) is 21.8 Å². The second-order valence-electron chi connectivity index (χ2n) is 2.51. The van der Waals surface area contributed by atoms with Crippen molar-refractivity contribution in [2.75, 3.05) is 5.75 Å². The number of thioether (sulfide) groups is 1. The van der Waals surface area contributed by atoms with Crippen molar-refractivity contribution >= 4 is 11.8 Å². The first-order valence-corrected chi connectivity index (χ1v) is 4.97. The first kappa shape index (κ1) is 9.48. The summed E-state index contributed by atoms with van der Waals surface area (Å²) in [5.41, 5.74) is 5.74. The minimum atomic E-state index is 0.249. The van der Waals surface area contributed by atoms with Crippen molar-refractivity contribution in [2.45, 2.75) is 24.5 Å². The minimum Gasteiger partial charge on any atom is -0.327 e. The summed E-state index contributed by atoms with van der Waals surface area (Å²) < 4.78 is 0. The predicted octanol–water partition coefficient (Wildman–Crippen LogP) is 1.31. The molecule has 1 heterocycles. The van der Waals surface area contributed by atoms with Crippen LogP contribution in [0.2, 0.25) is 0 Å². The first-order valence-electron chi connectivity index (χ1n) is 3.98. The predicted molar refractivity (Wildman–Crippen MR) is 51.0 cm³/mol. The van der Waals surface area contributed by atoms with Crippen LogP contribution in [0.4, 0.5) is 0 Å². The number of aromatic nitrogens is 2. The maximum Gasteiger partial charge on any atom is 0.187 e. The highest BCUT2D eigenvalue weighted by atomic mass is 32.2. The van der Waals surface area contributed by atoms with Crippen molar-refractivity contribution in [1.82, 2.24) is 9.97 Å². The smallest absolute Gasteiger partial charge is 0.187 e. The van der Waals surface area contributed by atoms with Gasteiger partial charge in [-0.25, -0.2) is 9.97 Å². The highest BCUT2D eigenvalue weighted by Crippen LogP contribution is 2.12. The Kier molecular flexibility index (Phi) is 4.04.